The molecule has 2 aliphatic heterocycles. The van der Waals surface area contributed by atoms with Gasteiger partial charge in [-0.2, -0.15) is 0 Å². The molecule has 2 fully saturated rings. The number of carbonyl (C=O) groups is 1. The van der Waals surface area contributed by atoms with Crippen molar-refractivity contribution in [3.8, 4) is 0 Å². The third-order valence-corrected chi connectivity index (χ3v) is 12.9. The zero-order valence-electron chi connectivity index (χ0n) is 25.3. The first kappa shape index (κ1) is 30.6. The maximum Gasteiger partial charge on any atom is 0.303 e. The van der Waals surface area contributed by atoms with E-state index in [-0.39, 0.29) is 18.3 Å². The molecule has 0 spiro atoms. The van der Waals surface area contributed by atoms with Crippen LogP contribution in [-0.2, 0) is 39.5 Å². The van der Waals surface area contributed by atoms with Gasteiger partial charge < -0.3 is 28.1 Å². The molecular formula is C34H42O7Si. The van der Waals surface area contributed by atoms with Crippen molar-refractivity contribution in [1.82, 2.24) is 0 Å². The van der Waals surface area contributed by atoms with Crippen molar-refractivity contribution in [1.29, 1.82) is 0 Å². The predicted octanol–water partition coefficient (Wildman–Crippen LogP) is 4.96. The molecule has 0 unspecified atom stereocenters. The SMILES string of the molecule is CC(=O)O[C@H]1[C@H](OCc2ccccc2)O[C@H](CO[Si](c2ccccc2)(c2ccccc2)C(C)(C)C)[C@@H]2OC(C)(C)O[C@@H]21. The van der Waals surface area contributed by atoms with Crippen molar-refractivity contribution < 1.29 is 32.9 Å². The average molecular weight is 591 g/mol. The van der Waals surface area contributed by atoms with E-state index in [0.29, 0.717) is 0 Å². The summed E-state index contributed by atoms with van der Waals surface area (Å²) in [5.41, 5.74) is 0.980. The Morgan fingerprint density at radius 1 is 0.833 bits per heavy atom. The minimum absolute atomic E-state index is 0.209. The van der Waals surface area contributed by atoms with E-state index in [9.17, 15) is 4.79 Å². The van der Waals surface area contributed by atoms with E-state index in [1.807, 2.05) is 56.3 Å². The van der Waals surface area contributed by atoms with Crippen LogP contribution in [0.5, 0.6) is 0 Å². The second-order valence-electron chi connectivity index (χ2n) is 12.5. The molecule has 0 saturated carbocycles. The van der Waals surface area contributed by atoms with Gasteiger partial charge in [0.2, 0.25) is 0 Å². The quantitative estimate of drug-likeness (QED) is 0.258. The van der Waals surface area contributed by atoms with E-state index >= 15 is 0 Å². The Hall–Kier alpha value is -2.85. The molecule has 3 aromatic carbocycles. The molecular weight excluding hydrogens is 548 g/mol. The molecule has 0 radical (unpaired) electrons. The summed E-state index contributed by atoms with van der Waals surface area (Å²) in [5, 5.41) is 2.14. The third-order valence-electron chi connectivity index (χ3n) is 7.87. The van der Waals surface area contributed by atoms with Gasteiger partial charge in [0.15, 0.2) is 18.2 Å². The first-order chi connectivity index (χ1) is 20.0. The van der Waals surface area contributed by atoms with Gasteiger partial charge in [0, 0.05) is 6.92 Å². The first-order valence-corrected chi connectivity index (χ1v) is 16.5. The van der Waals surface area contributed by atoms with E-state index < -0.39 is 50.8 Å². The molecule has 0 bridgehead atoms. The van der Waals surface area contributed by atoms with Gasteiger partial charge in [0.1, 0.15) is 18.3 Å². The van der Waals surface area contributed by atoms with Crippen LogP contribution in [0.3, 0.4) is 0 Å². The summed E-state index contributed by atoms with van der Waals surface area (Å²) in [5.74, 6) is -1.34. The van der Waals surface area contributed by atoms with Crippen LogP contribution < -0.4 is 10.4 Å². The maximum absolute atomic E-state index is 12.2. The number of esters is 1. The smallest absolute Gasteiger partial charge is 0.303 e. The van der Waals surface area contributed by atoms with Crippen LogP contribution in [-0.4, -0.2) is 57.4 Å². The van der Waals surface area contributed by atoms with Gasteiger partial charge in [-0.05, 0) is 34.8 Å². The molecule has 2 aliphatic rings. The van der Waals surface area contributed by atoms with Gasteiger partial charge in [-0.15, -0.1) is 0 Å². The molecule has 3 aromatic rings. The Kier molecular flexibility index (Phi) is 9.04. The molecule has 0 N–H and O–H groups in total. The topological polar surface area (TPSA) is 72.5 Å². The largest absolute Gasteiger partial charge is 0.454 e. The van der Waals surface area contributed by atoms with Gasteiger partial charge in [-0.3, -0.25) is 4.79 Å². The summed E-state index contributed by atoms with van der Waals surface area (Å²) < 4.78 is 38.6. The molecule has 0 aromatic heterocycles. The van der Waals surface area contributed by atoms with Crippen LogP contribution in [0, 0.1) is 0 Å². The second-order valence-corrected chi connectivity index (χ2v) is 16.8. The normalized spacial score (nSPS) is 25.5. The Morgan fingerprint density at radius 3 is 1.88 bits per heavy atom. The highest BCUT2D eigenvalue weighted by Crippen LogP contribution is 2.41. The number of hydrogen-bond donors (Lipinski definition) is 0. The minimum atomic E-state index is -2.85. The zero-order valence-corrected chi connectivity index (χ0v) is 26.3. The molecule has 0 aliphatic carbocycles. The van der Waals surface area contributed by atoms with Crippen LogP contribution in [0.1, 0.15) is 47.1 Å². The molecule has 42 heavy (non-hydrogen) atoms. The lowest BCUT2D eigenvalue weighted by atomic mass is 9.99. The summed E-state index contributed by atoms with van der Waals surface area (Å²) in [6.07, 6.45) is -3.33. The first-order valence-electron chi connectivity index (χ1n) is 14.6. The monoisotopic (exact) mass is 590 g/mol. The Labute approximate surface area is 250 Å². The van der Waals surface area contributed by atoms with Crippen LogP contribution >= 0.6 is 0 Å². The number of hydrogen-bond acceptors (Lipinski definition) is 7. The van der Waals surface area contributed by atoms with Gasteiger partial charge in [-0.1, -0.05) is 112 Å². The van der Waals surface area contributed by atoms with E-state index in [1.54, 1.807) is 0 Å². The lowest BCUT2D eigenvalue weighted by Crippen LogP contribution is -2.68. The highest BCUT2D eigenvalue weighted by Gasteiger charge is 2.58. The van der Waals surface area contributed by atoms with Crippen molar-refractivity contribution in [2.75, 3.05) is 6.61 Å². The van der Waals surface area contributed by atoms with Gasteiger partial charge in [0.05, 0.1) is 13.2 Å². The molecule has 2 saturated heterocycles. The zero-order chi connectivity index (χ0) is 30.0. The van der Waals surface area contributed by atoms with Crippen molar-refractivity contribution in [2.45, 2.75) is 89.7 Å². The number of fused-ring (bicyclic) bond motifs is 1. The van der Waals surface area contributed by atoms with E-state index in [0.717, 1.165) is 5.56 Å². The van der Waals surface area contributed by atoms with E-state index in [1.165, 1.54) is 17.3 Å². The number of ether oxygens (including phenoxy) is 5. The highest BCUT2D eigenvalue weighted by atomic mass is 28.4. The van der Waals surface area contributed by atoms with Gasteiger partial charge in [-0.25, -0.2) is 0 Å². The van der Waals surface area contributed by atoms with Crippen molar-refractivity contribution in [3.63, 3.8) is 0 Å². The van der Waals surface area contributed by atoms with Crippen LogP contribution in [0.2, 0.25) is 5.04 Å². The Morgan fingerprint density at radius 2 is 1.36 bits per heavy atom. The summed E-state index contributed by atoms with van der Waals surface area (Å²) in [6, 6.07) is 30.8. The molecule has 224 valence electrons. The van der Waals surface area contributed by atoms with Crippen molar-refractivity contribution in [2.24, 2.45) is 0 Å². The fourth-order valence-electron chi connectivity index (χ4n) is 6.14. The Balaban J connectivity index is 1.49. The van der Waals surface area contributed by atoms with Gasteiger partial charge >= 0.3 is 5.97 Å². The molecule has 5 atom stereocenters. The van der Waals surface area contributed by atoms with Gasteiger partial charge in [0.25, 0.3) is 8.32 Å². The summed E-state index contributed by atoms with van der Waals surface area (Å²) in [6.45, 7) is 12.3. The highest BCUT2D eigenvalue weighted by molar-refractivity contribution is 6.99. The maximum atomic E-state index is 12.2. The van der Waals surface area contributed by atoms with E-state index in [2.05, 4.69) is 69.3 Å². The summed E-state index contributed by atoms with van der Waals surface area (Å²) in [4.78, 5) is 12.2. The fraction of sp³-hybridized carbons (Fsp3) is 0.441. The van der Waals surface area contributed by atoms with E-state index in [4.69, 9.17) is 28.1 Å². The van der Waals surface area contributed by atoms with Crippen LogP contribution in [0.4, 0.5) is 0 Å². The standard InChI is InChI=1S/C34H42O7Si/c1-24(35)38-31-30-29(40-34(5,6)41-30)28(39-32(31)36-22-25-16-10-7-11-17-25)23-37-42(33(2,3)4,26-18-12-8-13-19-26)27-20-14-9-15-21-27/h7-21,28-32H,22-23H2,1-6H3/t28-,29+,30+,31-,32-/m1/s1. The molecule has 2 heterocycles. The minimum Gasteiger partial charge on any atom is -0.454 e. The predicted molar refractivity (Wildman–Crippen MR) is 163 cm³/mol. The fourth-order valence-corrected chi connectivity index (χ4v) is 10.7. The number of benzene rings is 3. The number of rotatable bonds is 9. The number of carbonyl (C=O) groups excluding carboxylic acids is 1. The van der Waals surface area contributed by atoms with Crippen molar-refractivity contribution in [3.05, 3.63) is 96.6 Å². The molecule has 7 nitrogen and oxygen atoms in total. The lowest BCUT2D eigenvalue weighted by molar-refractivity contribution is -0.288. The molecule has 5 rings (SSSR count). The third kappa shape index (κ3) is 6.39. The van der Waals surface area contributed by atoms with Crippen LogP contribution in [0.15, 0.2) is 91.0 Å². The summed E-state index contributed by atoms with van der Waals surface area (Å²) >= 11 is 0. The summed E-state index contributed by atoms with van der Waals surface area (Å²) in [7, 11) is -2.85. The molecule has 0 amide bonds. The second kappa shape index (κ2) is 12.4. The Bertz CT molecular complexity index is 1270. The molecule has 8 heteroatoms. The average Bonchev–Trinajstić information content (AvgIpc) is 3.29. The van der Waals surface area contributed by atoms with Crippen LogP contribution in [0.25, 0.3) is 0 Å². The lowest BCUT2D eigenvalue weighted by Gasteiger charge is -2.46. The van der Waals surface area contributed by atoms with Crippen molar-refractivity contribution >= 4 is 24.7 Å².